The van der Waals surface area contributed by atoms with E-state index in [2.05, 4.69) is 0 Å². The van der Waals surface area contributed by atoms with Gasteiger partial charge in [0.25, 0.3) is 0 Å². The third kappa shape index (κ3) is 2.37. The summed E-state index contributed by atoms with van der Waals surface area (Å²) in [5.74, 6) is -0.525. The van der Waals surface area contributed by atoms with Crippen LogP contribution in [-0.2, 0) is 19.1 Å². The lowest BCUT2D eigenvalue weighted by molar-refractivity contribution is -0.133. The minimum Gasteiger partial charge on any atom is -0.370 e. The summed E-state index contributed by atoms with van der Waals surface area (Å²) in [5, 5.41) is 0. The van der Waals surface area contributed by atoms with E-state index in [0.29, 0.717) is 38.1 Å². The molecule has 6 atom stereocenters. The Kier molecular flexibility index (Phi) is 3.25. The summed E-state index contributed by atoms with van der Waals surface area (Å²) in [6.45, 7) is 0.647. The molecule has 3 aliphatic heterocycles. The average molecular weight is 334 g/mol. The lowest BCUT2D eigenvalue weighted by Gasteiger charge is -2.25. The molecule has 0 N–H and O–H groups in total. The van der Waals surface area contributed by atoms with E-state index in [4.69, 9.17) is 9.47 Å². The molecule has 0 aromatic rings. The highest BCUT2D eigenvalue weighted by molar-refractivity contribution is 6.04. The van der Waals surface area contributed by atoms with E-state index >= 15 is 0 Å². The normalized spacial score (nSPS) is 43.2. The van der Waals surface area contributed by atoms with Gasteiger partial charge in [-0.15, -0.1) is 0 Å². The molecular formula is C17H22N2O5. The van der Waals surface area contributed by atoms with Crippen molar-refractivity contribution < 1.29 is 23.9 Å². The SMILES string of the molecule is O=C([C@@H]1CC[C@@H]2O[C@H]2C1)N1CCN(C(=O)[C@@H]2CC[C@@H]3O[C@@H]3C2)C1=O. The van der Waals surface area contributed by atoms with Crippen LogP contribution in [0.2, 0.25) is 0 Å². The first-order valence-corrected chi connectivity index (χ1v) is 9.09. The third-order valence-corrected chi connectivity index (χ3v) is 6.25. The average Bonchev–Trinajstić information content (AvgIpc) is 3.49. The summed E-state index contributed by atoms with van der Waals surface area (Å²) in [7, 11) is 0. The Morgan fingerprint density at radius 3 is 1.62 bits per heavy atom. The monoisotopic (exact) mass is 334 g/mol. The molecule has 0 radical (unpaired) electrons. The van der Waals surface area contributed by atoms with Gasteiger partial charge in [0.2, 0.25) is 11.8 Å². The van der Waals surface area contributed by atoms with Crippen molar-refractivity contribution in [2.24, 2.45) is 11.8 Å². The number of carbonyl (C=O) groups is 3. The van der Waals surface area contributed by atoms with E-state index < -0.39 is 6.03 Å². The number of hydrogen-bond acceptors (Lipinski definition) is 5. The van der Waals surface area contributed by atoms with E-state index in [0.717, 1.165) is 25.7 Å². The van der Waals surface area contributed by atoms with Gasteiger partial charge in [-0.05, 0) is 38.5 Å². The number of rotatable bonds is 2. The number of nitrogens with zero attached hydrogens (tertiary/aromatic N) is 2. The Bertz CT molecular complexity index is 558. The molecule has 7 heteroatoms. The van der Waals surface area contributed by atoms with Crippen molar-refractivity contribution in [3.8, 4) is 0 Å². The van der Waals surface area contributed by atoms with Gasteiger partial charge in [-0.3, -0.25) is 19.4 Å². The molecule has 0 aromatic heterocycles. The topological polar surface area (TPSA) is 82.8 Å². The molecule has 4 amide bonds. The molecule has 3 heterocycles. The van der Waals surface area contributed by atoms with Crippen LogP contribution in [0.25, 0.3) is 0 Å². The minimum absolute atomic E-state index is 0.126. The van der Waals surface area contributed by atoms with Crippen LogP contribution in [-0.4, -0.2) is 65.2 Å². The number of amides is 4. The van der Waals surface area contributed by atoms with Crippen LogP contribution in [0.3, 0.4) is 0 Å². The van der Waals surface area contributed by atoms with Crippen LogP contribution in [0.5, 0.6) is 0 Å². The van der Waals surface area contributed by atoms with Gasteiger partial charge >= 0.3 is 6.03 Å². The Morgan fingerprint density at radius 2 is 1.21 bits per heavy atom. The molecule has 2 aliphatic carbocycles. The van der Waals surface area contributed by atoms with Crippen molar-refractivity contribution in [2.75, 3.05) is 13.1 Å². The van der Waals surface area contributed by atoms with E-state index in [9.17, 15) is 14.4 Å². The van der Waals surface area contributed by atoms with Crippen LogP contribution in [0.15, 0.2) is 0 Å². The molecule has 130 valence electrons. The number of epoxide rings is 2. The molecular weight excluding hydrogens is 312 g/mol. The van der Waals surface area contributed by atoms with Gasteiger partial charge in [0, 0.05) is 24.9 Å². The van der Waals surface area contributed by atoms with Crippen molar-refractivity contribution in [3.05, 3.63) is 0 Å². The lowest BCUT2D eigenvalue weighted by atomic mass is 9.88. The van der Waals surface area contributed by atoms with E-state index in [-0.39, 0.29) is 35.9 Å². The number of imide groups is 2. The third-order valence-electron chi connectivity index (χ3n) is 6.25. The van der Waals surface area contributed by atoms with Crippen LogP contribution in [0.1, 0.15) is 38.5 Å². The van der Waals surface area contributed by atoms with Gasteiger partial charge in [-0.25, -0.2) is 4.79 Å². The zero-order chi connectivity index (χ0) is 16.4. The first-order chi connectivity index (χ1) is 11.6. The van der Waals surface area contributed by atoms with Gasteiger partial charge in [0.15, 0.2) is 0 Å². The van der Waals surface area contributed by atoms with E-state index in [1.807, 2.05) is 0 Å². The Morgan fingerprint density at radius 1 is 0.750 bits per heavy atom. The maximum atomic E-state index is 12.7. The van der Waals surface area contributed by atoms with Gasteiger partial charge in [-0.2, -0.15) is 0 Å². The second kappa shape index (κ2) is 5.26. The zero-order valence-corrected chi connectivity index (χ0v) is 13.6. The summed E-state index contributed by atoms with van der Waals surface area (Å²) < 4.78 is 10.9. The first-order valence-electron chi connectivity index (χ1n) is 9.09. The second-order valence-electron chi connectivity index (χ2n) is 7.71. The summed E-state index contributed by atoms with van der Waals surface area (Å²) in [6.07, 6.45) is 5.86. The summed E-state index contributed by atoms with van der Waals surface area (Å²) in [4.78, 5) is 40.5. The second-order valence-corrected chi connectivity index (χ2v) is 7.71. The van der Waals surface area contributed by atoms with Crippen LogP contribution < -0.4 is 0 Å². The van der Waals surface area contributed by atoms with Gasteiger partial charge in [0.05, 0.1) is 24.4 Å². The van der Waals surface area contributed by atoms with Gasteiger partial charge in [0.1, 0.15) is 0 Å². The summed E-state index contributed by atoms with van der Waals surface area (Å²) >= 11 is 0. The fourth-order valence-electron chi connectivity index (χ4n) is 4.64. The molecule has 7 nitrogen and oxygen atoms in total. The van der Waals surface area contributed by atoms with Crippen molar-refractivity contribution >= 4 is 17.8 Å². The predicted octanol–water partition coefficient (Wildman–Crippen LogP) is 0.912. The molecule has 0 bridgehead atoms. The quantitative estimate of drug-likeness (QED) is 0.701. The molecule has 0 aromatic carbocycles. The van der Waals surface area contributed by atoms with Crippen LogP contribution in [0, 0.1) is 11.8 Å². The van der Waals surface area contributed by atoms with Crippen molar-refractivity contribution in [1.29, 1.82) is 0 Å². The van der Waals surface area contributed by atoms with Crippen molar-refractivity contribution in [1.82, 2.24) is 9.80 Å². The molecule has 0 spiro atoms. The highest BCUT2D eigenvalue weighted by atomic mass is 16.6. The van der Waals surface area contributed by atoms with Crippen molar-refractivity contribution in [3.63, 3.8) is 0 Å². The maximum Gasteiger partial charge on any atom is 0.333 e. The predicted molar refractivity (Wildman–Crippen MR) is 80.8 cm³/mol. The highest BCUT2D eigenvalue weighted by Gasteiger charge is 2.50. The number of hydrogen-bond donors (Lipinski definition) is 0. The molecule has 5 aliphatic rings. The van der Waals surface area contributed by atoms with Crippen LogP contribution in [0.4, 0.5) is 4.79 Å². The molecule has 24 heavy (non-hydrogen) atoms. The van der Waals surface area contributed by atoms with Crippen LogP contribution >= 0.6 is 0 Å². The fourth-order valence-corrected chi connectivity index (χ4v) is 4.64. The Balaban J connectivity index is 1.22. The molecule has 2 saturated carbocycles. The molecule has 5 fully saturated rings. The molecule has 0 unspecified atom stereocenters. The Labute approximate surface area is 140 Å². The molecule has 3 saturated heterocycles. The maximum absolute atomic E-state index is 12.7. The smallest absolute Gasteiger partial charge is 0.333 e. The van der Waals surface area contributed by atoms with E-state index in [1.54, 1.807) is 0 Å². The zero-order valence-electron chi connectivity index (χ0n) is 13.6. The van der Waals surface area contributed by atoms with E-state index in [1.165, 1.54) is 9.80 Å². The number of carbonyl (C=O) groups excluding carboxylic acids is 3. The summed E-state index contributed by atoms with van der Waals surface area (Å²) in [5.41, 5.74) is 0. The van der Waals surface area contributed by atoms with Gasteiger partial charge in [-0.1, -0.05) is 0 Å². The minimum atomic E-state index is -0.428. The standard InChI is InChI=1S/C17H22N2O5/c20-15(9-1-3-11-13(7-9)23-11)18-5-6-19(17(18)22)16(21)10-2-4-12-14(8-10)24-12/h9-14H,1-8H2/t9-,10-,11+,12+,13-,14+/m1/s1. The highest BCUT2D eigenvalue weighted by Crippen LogP contribution is 2.41. The summed E-state index contributed by atoms with van der Waals surface area (Å²) in [6, 6.07) is -0.428. The Hall–Kier alpha value is -1.47. The number of urea groups is 1. The van der Waals surface area contributed by atoms with Gasteiger partial charge < -0.3 is 9.47 Å². The van der Waals surface area contributed by atoms with Crippen molar-refractivity contribution in [2.45, 2.75) is 62.9 Å². The lowest BCUT2D eigenvalue weighted by Crippen LogP contribution is -2.44. The largest absolute Gasteiger partial charge is 0.370 e. The number of fused-ring (bicyclic) bond motifs is 2. The number of ether oxygens (including phenoxy) is 2. The fraction of sp³-hybridized carbons (Fsp3) is 0.824. The molecule has 5 rings (SSSR count). The first kappa shape index (κ1) is 14.8.